The summed E-state index contributed by atoms with van der Waals surface area (Å²) in [6.45, 7) is 1.24. The molecule has 21 heavy (non-hydrogen) atoms. The van der Waals surface area contributed by atoms with Gasteiger partial charge in [0.05, 0.1) is 0 Å². The van der Waals surface area contributed by atoms with Gasteiger partial charge in [-0.25, -0.2) is 0 Å². The summed E-state index contributed by atoms with van der Waals surface area (Å²) in [5, 5.41) is 3.90. The first-order valence-electron chi connectivity index (χ1n) is 8.81. The minimum atomic E-state index is 0.706. The number of rotatable bonds is 3. The topological polar surface area (TPSA) is 15.3 Å². The molecule has 0 amide bonds. The van der Waals surface area contributed by atoms with E-state index in [0.29, 0.717) is 6.04 Å². The summed E-state index contributed by atoms with van der Waals surface area (Å²) in [6, 6.07) is 11.5. The molecule has 0 spiro atoms. The summed E-state index contributed by atoms with van der Waals surface area (Å²) in [5.74, 6) is 0.913. The third-order valence-electron chi connectivity index (χ3n) is 6.24. The van der Waals surface area contributed by atoms with Crippen LogP contribution in [0.25, 0.3) is 0 Å². The molecule has 1 N–H and O–H groups in total. The van der Waals surface area contributed by atoms with E-state index in [9.17, 15) is 0 Å². The van der Waals surface area contributed by atoms with E-state index in [4.69, 9.17) is 0 Å². The lowest BCUT2D eigenvalue weighted by atomic mass is 9.87. The van der Waals surface area contributed by atoms with E-state index in [1.165, 1.54) is 51.5 Å². The zero-order chi connectivity index (χ0) is 14.2. The molecule has 3 aliphatic rings. The summed E-state index contributed by atoms with van der Waals surface area (Å²) < 4.78 is 0. The lowest BCUT2D eigenvalue weighted by Gasteiger charge is -2.37. The Labute approximate surface area is 128 Å². The molecule has 1 aromatic carbocycles. The highest BCUT2D eigenvalue weighted by atomic mass is 15.2. The van der Waals surface area contributed by atoms with E-state index >= 15 is 0 Å². The van der Waals surface area contributed by atoms with Gasteiger partial charge < -0.3 is 10.2 Å². The highest BCUT2D eigenvalue weighted by molar-refractivity contribution is 5.30. The molecule has 2 aliphatic heterocycles. The van der Waals surface area contributed by atoms with Gasteiger partial charge >= 0.3 is 0 Å². The van der Waals surface area contributed by atoms with Crippen LogP contribution in [-0.4, -0.2) is 36.6 Å². The van der Waals surface area contributed by atoms with E-state index in [-0.39, 0.29) is 0 Å². The molecule has 0 aromatic heterocycles. The minimum Gasteiger partial charge on any atom is -0.313 e. The van der Waals surface area contributed by atoms with E-state index in [2.05, 4.69) is 41.5 Å². The van der Waals surface area contributed by atoms with Crippen molar-refractivity contribution in [2.24, 2.45) is 5.92 Å². The van der Waals surface area contributed by atoms with E-state index < -0.39 is 0 Å². The summed E-state index contributed by atoms with van der Waals surface area (Å²) in [4.78, 5) is 2.65. The molecule has 0 radical (unpaired) electrons. The van der Waals surface area contributed by atoms with Gasteiger partial charge in [-0.1, -0.05) is 24.3 Å². The van der Waals surface area contributed by atoms with Gasteiger partial charge in [-0.2, -0.15) is 0 Å². The molecule has 2 nitrogen and oxygen atoms in total. The number of nitrogens with zero attached hydrogens (tertiary/aromatic N) is 1. The molecule has 2 saturated heterocycles. The molecule has 114 valence electrons. The van der Waals surface area contributed by atoms with Crippen molar-refractivity contribution in [2.75, 3.05) is 13.6 Å². The van der Waals surface area contributed by atoms with Gasteiger partial charge in [-0.05, 0) is 75.6 Å². The van der Waals surface area contributed by atoms with Crippen molar-refractivity contribution >= 4 is 0 Å². The van der Waals surface area contributed by atoms with Crippen molar-refractivity contribution in [3.8, 4) is 0 Å². The summed E-state index contributed by atoms with van der Waals surface area (Å²) in [6.07, 6.45) is 9.52. The van der Waals surface area contributed by atoms with Gasteiger partial charge in [0.1, 0.15) is 0 Å². The molecular formula is C19H28N2. The smallest absolute Gasteiger partial charge is 0.0111 e. The maximum atomic E-state index is 3.90. The lowest BCUT2D eigenvalue weighted by molar-refractivity contribution is 0.131. The second-order valence-electron chi connectivity index (χ2n) is 7.50. The third-order valence-corrected chi connectivity index (χ3v) is 6.24. The fourth-order valence-corrected chi connectivity index (χ4v) is 4.90. The Morgan fingerprint density at radius 2 is 1.76 bits per heavy atom. The predicted molar refractivity (Wildman–Crippen MR) is 87.6 cm³/mol. The molecule has 2 heterocycles. The number of piperidine rings is 1. The first kappa shape index (κ1) is 13.8. The molecule has 4 rings (SSSR count). The van der Waals surface area contributed by atoms with Gasteiger partial charge in [0.2, 0.25) is 0 Å². The van der Waals surface area contributed by atoms with Crippen LogP contribution in [0.15, 0.2) is 24.3 Å². The fraction of sp³-hybridized carbons (Fsp3) is 0.684. The summed E-state index contributed by atoms with van der Waals surface area (Å²) >= 11 is 0. The average Bonchev–Trinajstić information content (AvgIpc) is 2.75. The molecule has 2 bridgehead atoms. The maximum absolute atomic E-state index is 3.90. The minimum absolute atomic E-state index is 0.706. The van der Waals surface area contributed by atoms with Crippen LogP contribution < -0.4 is 5.32 Å². The highest BCUT2D eigenvalue weighted by Gasteiger charge is 2.38. The predicted octanol–water partition coefficient (Wildman–Crippen LogP) is 3.01. The highest BCUT2D eigenvalue weighted by Crippen LogP contribution is 2.37. The van der Waals surface area contributed by atoms with Crippen molar-refractivity contribution in [1.29, 1.82) is 0 Å². The van der Waals surface area contributed by atoms with E-state index in [1.807, 2.05) is 0 Å². The normalized spacial score (nSPS) is 35.7. The SMILES string of the molecule is CN1C2CCC1CC(CNC1CCc3ccccc3C1)C2. The van der Waals surface area contributed by atoms with Crippen LogP contribution in [0.1, 0.15) is 43.2 Å². The lowest BCUT2D eigenvalue weighted by Crippen LogP contribution is -2.44. The van der Waals surface area contributed by atoms with Crippen molar-refractivity contribution in [1.82, 2.24) is 10.2 Å². The first-order valence-corrected chi connectivity index (χ1v) is 8.81. The van der Waals surface area contributed by atoms with Crippen LogP contribution in [0.4, 0.5) is 0 Å². The summed E-state index contributed by atoms with van der Waals surface area (Å²) in [7, 11) is 2.34. The van der Waals surface area contributed by atoms with Crippen molar-refractivity contribution in [2.45, 2.75) is 63.1 Å². The Kier molecular flexibility index (Phi) is 3.76. The van der Waals surface area contributed by atoms with E-state index in [0.717, 1.165) is 18.0 Å². The van der Waals surface area contributed by atoms with Gasteiger partial charge in [0.25, 0.3) is 0 Å². The summed E-state index contributed by atoms with van der Waals surface area (Å²) in [5.41, 5.74) is 3.15. The first-order chi connectivity index (χ1) is 10.3. The Morgan fingerprint density at radius 1 is 1.05 bits per heavy atom. The molecule has 2 heteroatoms. The Balaban J connectivity index is 1.30. The largest absolute Gasteiger partial charge is 0.313 e. The Morgan fingerprint density at radius 3 is 2.52 bits per heavy atom. The van der Waals surface area contributed by atoms with Crippen LogP contribution in [0.3, 0.4) is 0 Å². The Bertz CT molecular complexity index is 484. The third kappa shape index (κ3) is 2.76. The van der Waals surface area contributed by atoms with Crippen LogP contribution in [-0.2, 0) is 12.8 Å². The Hall–Kier alpha value is -0.860. The number of aryl methyl sites for hydroxylation is 1. The average molecular weight is 284 g/mol. The number of benzene rings is 1. The fourth-order valence-electron chi connectivity index (χ4n) is 4.90. The monoisotopic (exact) mass is 284 g/mol. The maximum Gasteiger partial charge on any atom is 0.0111 e. The number of hydrogen-bond donors (Lipinski definition) is 1. The quantitative estimate of drug-likeness (QED) is 0.918. The standard InChI is InChI=1S/C19H28N2/c1-21-18-8-9-19(21)11-14(10-18)13-20-17-7-6-15-4-2-3-5-16(15)12-17/h2-5,14,17-20H,6-13H2,1H3. The van der Waals surface area contributed by atoms with Crippen molar-refractivity contribution in [3.63, 3.8) is 0 Å². The van der Waals surface area contributed by atoms with Gasteiger partial charge in [-0.3, -0.25) is 0 Å². The molecule has 1 aliphatic carbocycles. The second kappa shape index (κ2) is 5.73. The van der Waals surface area contributed by atoms with Crippen molar-refractivity contribution < 1.29 is 0 Å². The number of fused-ring (bicyclic) bond motifs is 3. The van der Waals surface area contributed by atoms with Gasteiger partial charge in [0, 0.05) is 18.1 Å². The molecule has 2 fully saturated rings. The molecular weight excluding hydrogens is 256 g/mol. The zero-order valence-corrected chi connectivity index (χ0v) is 13.2. The zero-order valence-electron chi connectivity index (χ0n) is 13.2. The van der Waals surface area contributed by atoms with Gasteiger partial charge in [0.15, 0.2) is 0 Å². The van der Waals surface area contributed by atoms with Gasteiger partial charge in [-0.15, -0.1) is 0 Å². The van der Waals surface area contributed by atoms with E-state index in [1.54, 1.807) is 11.1 Å². The van der Waals surface area contributed by atoms with Crippen LogP contribution in [0.5, 0.6) is 0 Å². The van der Waals surface area contributed by atoms with Crippen LogP contribution in [0, 0.1) is 5.92 Å². The number of hydrogen-bond acceptors (Lipinski definition) is 2. The molecule has 0 saturated carbocycles. The van der Waals surface area contributed by atoms with Crippen molar-refractivity contribution in [3.05, 3.63) is 35.4 Å². The van der Waals surface area contributed by atoms with Crippen LogP contribution >= 0.6 is 0 Å². The molecule has 1 aromatic rings. The van der Waals surface area contributed by atoms with Crippen LogP contribution in [0.2, 0.25) is 0 Å². The number of nitrogens with one attached hydrogen (secondary N) is 1. The molecule has 3 unspecified atom stereocenters. The molecule has 3 atom stereocenters. The second-order valence-corrected chi connectivity index (χ2v) is 7.50.